The topological polar surface area (TPSA) is 70.6 Å². The second-order valence-corrected chi connectivity index (χ2v) is 5.80. The molecule has 5 nitrogen and oxygen atoms in total. The van der Waals surface area contributed by atoms with Gasteiger partial charge in [0.15, 0.2) is 0 Å². The van der Waals surface area contributed by atoms with Crippen LogP contribution in [-0.4, -0.2) is 36.9 Å². The van der Waals surface area contributed by atoms with Gasteiger partial charge in [0.25, 0.3) is 0 Å². The molecule has 0 saturated carbocycles. The number of amides is 1. The zero-order chi connectivity index (χ0) is 18.7. The number of alkyl halides is 3. The summed E-state index contributed by atoms with van der Waals surface area (Å²) in [4.78, 5) is 17.1. The number of unbranched alkanes of at least 4 members (excludes halogenated alkanes) is 2. The lowest BCUT2D eigenvalue weighted by atomic mass is 9.99. The van der Waals surface area contributed by atoms with Gasteiger partial charge >= 0.3 is 6.18 Å². The van der Waals surface area contributed by atoms with Crippen LogP contribution >= 0.6 is 0 Å². The average Bonchev–Trinajstić information content (AvgIpc) is 2.57. The van der Waals surface area contributed by atoms with Crippen molar-refractivity contribution in [3.8, 4) is 0 Å². The zero-order valence-electron chi connectivity index (χ0n) is 14.2. The molecular weight excluding hydrogens is 337 g/mol. The highest BCUT2D eigenvalue weighted by Crippen LogP contribution is 2.24. The van der Waals surface area contributed by atoms with E-state index in [4.69, 9.17) is 9.94 Å². The van der Waals surface area contributed by atoms with Crippen molar-refractivity contribution in [3.05, 3.63) is 30.3 Å². The highest BCUT2D eigenvalue weighted by molar-refractivity contribution is 5.92. The van der Waals surface area contributed by atoms with E-state index in [2.05, 4.69) is 10.8 Å². The van der Waals surface area contributed by atoms with E-state index in [0.29, 0.717) is 31.5 Å². The maximum Gasteiger partial charge on any atom is 0.414 e. The quantitative estimate of drug-likeness (QED) is 0.417. The number of rotatable bonds is 11. The van der Waals surface area contributed by atoms with Crippen LogP contribution in [0.3, 0.4) is 0 Å². The van der Waals surface area contributed by atoms with Crippen molar-refractivity contribution in [2.24, 2.45) is 5.92 Å². The van der Waals surface area contributed by atoms with E-state index in [1.54, 1.807) is 12.1 Å². The van der Waals surface area contributed by atoms with Crippen molar-refractivity contribution >= 4 is 11.6 Å². The summed E-state index contributed by atoms with van der Waals surface area (Å²) < 4.78 is 36.6. The van der Waals surface area contributed by atoms with Crippen molar-refractivity contribution < 1.29 is 27.9 Å². The van der Waals surface area contributed by atoms with Crippen LogP contribution in [0.4, 0.5) is 18.9 Å². The maximum absolute atomic E-state index is 12.3. The Morgan fingerprint density at radius 3 is 2.40 bits per heavy atom. The fourth-order valence-corrected chi connectivity index (χ4v) is 2.34. The molecule has 0 radical (unpaired) electrons. The van der Waals surface area contributed by atoms with Gasteiger partial charge < -0.3 is 15.3 Å². The smallest absolute Gasteiger partial charge is 0.384 e. The summed E-state index contributed by atoms with van der Waals surface area (Å²) in [5, 5.41) is 11.8. The molecule has 142 valence electrons. The minimum Gasteiger partial charge on any atom is -0.384 e. The van der Waals surface area contributed by atoms with Crippen molar-refractivity contribution in [1.29, 1.82) is 0 Å². The highest BCUT2D eigenvalue weighted by Gasteiger charge is 2.37. The van der Waals surface area contributed by atoms with Crippen molar-refractivity contribution in [2.45, 2.75) is 44.4 Å². The van der Waals surface area contributed by atoms with Crippen LogP contribution in [0.1, 0.15) is 32.1 Å². The number of carbonyl (C=O) groups excluding carboxylic acids is 1. The van der Waals surface area contributed by atoms with Crippen molar-refractivity contribution in [2.75, 3.05) is 19.0 Å². The maximum atomic E-state index is 12.3. The number of nitrogens with one attached hydrogen (secondary N) is 2. The predicted molar refractivity (Wildman–Crippen MR) is 88.7 cm³/mol. The standard InChI is InChI=1S/C17H25F3N2O3/c1-25-21-12-13(16(24)22-14-9-5-3-6-10-14)8-4-2-7-11-15(23)17(18,19)20/h3,5-6,9-10,13,15,21,23H,2,4,7-8,11-12H2,1H3,(H,22,24). The molecular formula is C17H25F3N2O3. The zero-order valence-corrected chi connectivity index (χ0v) is 14.2. The SMILES string of the molecule is CONCC(CCCCCC(O)C(F)(F)F)C(=O)Nc1ccccc1. The number of hydroxylamine groups is 1. The number of aliphatic hydroxyl groups excluding tert-OH is 1. The molecule has 2 unspecified atom stereocenters. The Balaban J connectivity index is 2.38. The summed E-state index contributed by atoms with van der Waals surface area (Å²) in [6.45, 7) is 0.306. The fraction of sp³-hybridized carbons (Fsp3) is 0.588. The van der Waals surface area contributed by atoms with Crippen LogP contribution in [-0.2, 0) is 9.63 Å². The molecule has 0 aliphatic heterocycles. The molecule has 25 heavy (non-hydrogen) atoms. The van der Waals surface area contributed by atoms with Gasteiger partial charge in [-0.3, -0.25) is 4.79 Å². The van der Waals surface area contributed by atoms with Gasteiger partial charge in [-0.15, -0.1) is 0 Å². The predicted octanol–water partition coefficient (Wildman–Crippen LogP) is 3.27. The molecule has 0 aromatic heterocycles. The first kappa shape index (κ1) is 21.4. The molecule has 2 atom stereocenters. The fourth-order valence-electron chi connectivity index (χ4n) is 2.34. The molecule has 0 saturated heterocycles. The normalized spacial score (nSPS) is 14.1. The lowest BCUT2D eigenvalue weighted by Crippen LogP contribution is -2.32. The number of halogens is 3. The molecule has 8 heteroatoms. The lowest BCUT2D eigenvalue weighted by molar-refractivity contribution is -0.205. The van der Waals surface area contributed by atoms with Gasteiger partial charge in [0.1, 0.15) is 6.10 Å². The molecule has 0 fully saturated rings. The van der Waals surface area contributed by atoms with Crippen molar-refractivity contribution in [3.63, 3.8) is 0 Å². The Bertz CT molecular complexity index is 498. The van der Waals surface area contributed by atoms with E-state index >= 15 is 0 Å². The first-order valence-electron chi connectivity index (χ1n) is 8.21. The van der Waals surface area contributed by atoms with E-state index in [9.17, 15) is 18.0 Å². The van der Waals surface area contributed by atoms with Crippen LogP contribution < -0.4 is 10.8 Å². The highest BCUT2D eigenvalue weighted by atomic mass is 19.4. The lowest BCUT2D eigenvalue weighted by Gasteiger charge is -2.17. The third kappa shape index (κ3) is 8.85. The number of hydrogen-bond acceptors (Lipinski definition) is 4. The second kappa shape index (κ2) is 11.1. The minimum atomic E-state index is -4.57. The summed E-state index contributed by atoms with van der Waals surface area (Å²) >= 11 is 0. The Kier molecular flexibility index (Phi) is 9.48. The Morgan fingerprint density at radius 1 is 1.16 bits per heavy atom. The third-order valence-corrected chi connectivity index (χ3v) is 3.79. The largest absolute Gasteiger partial charge is 0.414 e. The van der Waals surface area contributed by atoms with Crippen LogP contribution in [0, 0.1) is 5.92 Å². The van der Waals surface area contributed by atoms with Gasteiger partial charge in [0.2, 0.25) is 5.91 Å². The van der Waals surface area contributed by atoms with Gasteiger partial charge in [-0.2, -0.15) is 13.2 Å². The molecule has 0 aliphatic rings. The number of para-hydroxylation sites is 1. The molecule has 0 heterocycles. The van der Waals surface area contributed by atoms with Crippen LogP contribution in [0.15, 0.2) is 30.3 Å². The van der Waals surface area contributed by atoms with Gasteiger partial charge in [0, 0.05) is 12.2 Å². The summed E-state index contributed by atoms with van der Waals surface area (Å²) in [7, 11) is 1.45. The Hall–Kier alpha value is -1.64. The average molecular weight is 362 g/mol. The molecule has 1 aromatic carbocycles. The molecule has 0 bridgehead atoms. The first-order valence-corrected chi connectivity index (χ1v) is 8.21. The summed E-state index contributed by atoms with van der Waals surface area (Å²) in [5.74, 6) is -0.543. The van der Waals surface area contributed by atoms with Gasteiger partial charge in [-0.25, -0.2) is 5.48 Å². The second-order valence-electron chi connectivity index (χ2n) is 5.80. The summed E-state index contributed by atoms with van der Waals surface area (Å²) in [6, 6.07) is 9.01. The summed E-state index contributed by atoms with van der Waals surface area (Å²) in [5.41, 5.74) is 3.33. The van der Waals surface area contributed by atoms with E-state index in [1.165, 1.54) is 7.11 Å². The van der Waals surface area contributed by atoms with Crippen LogP contribution in [0.2, 0.25) is 0 Å². The number of hydrogen-bond donors (Lipinski definition) is 3. The number of benzene rings is 1. The van der Waals surface area contributed by atoms with Gasteiger partial charge in [-0.05, 0) is 25.0 Å². The molecule has 1 amide bonds. The molecule has 1 rings (SSSR count). The van der Waals surface area contributed by atoms with E-state index < -0.39 is 12.3 Å². The van der Waals surface area contributed by atoms with Gasteiger partial charge in [0.05, 0.1) is 13.0 Å². The first-order chi connectivity index (χ1) is 11.8. The molecule has 0 spiro atoms. The van der Waals surface area contributed by atoms with Crippen LogP contribution in [0.5, 0.6) is 0 Å². The number of aliphatic hydroxyl groups is 1. The molecule has 1 aromatic rings. The minimum absolute atomic E-state index is 0.175. The van der Waals surface area contributed by atoms with E-state index in [0.717, 1.165) is 0 Å². The Morgan fingerprint density at radius 2 is 1.80 bits per heavy atom. The molecule has 3 N–H and O–H groups in total. The van der Waals surface area contributed by atoms with E-state index in [-0.39, 0.29) is 24.7 Å². The number of carbonyl (C=O) groups is 1. The molecule has 0 aliphatic carbocycles. The number of anilines is 1. The van der Waals surface area contributed by atoms with Crippen LogP contribution in [0.25, 0.3) is 0 Å². The van der Waals surface area contributed by atoms with Gasteiger partial charge in [-0.1, -0.05) is 37.5 Å². The third-order valence-electron chi connectivity index (χ3n) is 3.79. The monoisotopic (exact) mass is 362 g/mol. The van der Waals surface area contributed by atoms with Crippen molar-refractivity contribution in [1.82, 2.24) is 5.48 Å². The summed E-state index contributed by atoms with van der Waals surface area (Å²) in [6.07, 6.45) is -5.30. The van der Waals surface area contributed by atoms with E-state index in [1.807, 2.05) is 18.2 Å². The Labute approximate surface area is 145 Å².